The number of aromatic amines is 1. The summed E-state index contributed by atoms with van der Waals surface area (Å²) in [6, 6.07) is 19.6. The molecule has 1 amide bonds. The molecule has 2 N–H and O–H groups in total. The molecule has 2 fully saturated rings. The number of likely N-dealkylation sites (N-methyl/N-ethyl adjacent to an activating group) is 1. The molecule has 1 saturated heterocycles. The second kappa shape index (κ2) is 9.74. The third-order valence-corrected chi connectivity index (χ3v) is 7.45. The monoisotopic (exact) mass is 481 g/mol. The van der Waals surface area contributed by atoms with Gasteiger partial charge in [0.15, 0.2) is 0 Å². The van der Waals surface area contributed by atoms with E-state index in [1.54, 1.807) is 6.20 Å². The van der Waals surface area contributed by atoms with Crippen molar-refractivity contribution in [1.29, 1.82) is 0 Å². The molecule has 7 heteroatoms. The molecule has 184 valence electrons. The first kappa shape index (κ1) is 22.7. The molecule has 1 saturated carbocycles. The number of fused-ring (bicyclic) bond motifs is 1. The number of nitrogens with zero attached hydrogens (tertiary/aromatic N) is 3. The first-order chi connectivity index (χ1) is 17.6. The minimum Gasteiger partial charge on any atom is -0.488 e. The van der Waals surface area contributed by atoms with E-state index in [9.17, 15) is 4.79 Å². The van der Waals surface area contributed by atoms with Crippen LogP contribution in [0, 0.1) is 5.92 Å². The molecule has 1 aliphatic carbocycles. The number of hydrogen-bond acceptors (Lipinski definition) is 5. The molecule has 2 aliphatic rings. The first-order valence-corrected chi connectivity index (χ1v) is 12.8. The SMILES string of the molecule is CN1CC(Oc2ccc(-c3n[nH]c4ccc(C(=O)N[C@H](c5ccccn5)C5CCCC5)cc34)cc2)C1. The van der Waals surface area contributed by atoms with Gasteiger partial charge >= 0.3 is 0 Å². The molecule has 0 spiro atoms. The average molecular weight is 482 g/mol. The normalized spacial score (nSPS) is 17.7. The van der Waals surface area contributed by atoms with Gasteiger partial charge in [-0.2, -0.15) is 5.10 Å². The van der Waals surface area contributed by atoms with E-state index in [0.29, 0.717) is 11.5 Å². The van der Waals surface area contributed by atoms with Crippen molar-refractivity contribution in [2.75, 3.05) is 20.1 Å². The largest absolute Gasteiger partial charge is 0.488 e. The third kappa shape index (κ3) is 4.58. The fraction of sp³-hybridized carbons (Fsp3) is 0.345. The van der Waals surface area contributed by atoms with Crippen molar-refractivity contribution in [3.8, 4) is 17.0 Å². The van der Waals surface area contributed by atoms with E-state index in [1.165, 1.54) is 12.8 Å². The maximum Gasteiger partial charge on any atom is 0.251 e. The summed E-state index contributed by atoms with van der Waals surface area (Å²) in [7, 11) is 2.09. The quantitative estimate of drug-likeness (QED) is 0.389. The molecule has 1 aliphatic heterocycles. The average Bonchev–Trinajstić information content (AvgIpc) is 3.57. The third-order valence-electron chi connectivity index (χ3n) is 7.45. The summed E-state index contributed by atoms with van der Waals surface area (Å²) in [6.07, 6.45) is 6.69. The first-order valence-electron chi connectivity index (χ1n) is 12.8. The van der Waals surface area contributed by atoms with Crippen molar-refractivity contribution in [2.45, 2.75) is 37.8 Å². The molecule has 6 rings (SSSR count). The highest BCUT2D eigenvalue weighted by molar-refractivity contribution is 6.01. The van der Waals surface area contributed by atoms with Crippen LogP contribution < -0.4 is 10.1 Å². The van der Waals surface area contributed by atoms with Crippen LogP contribution in [0.5, 0.6) is 5.75 Å². The lowest BCUT2D eigenvalue weighted by atomic mass is 9.94. The number of nitrogens with one attached hydrogen (secondary N) is 2. The topological polar surface area (TPSA) is 83.1 Å². The highest BCUT2D eigenvalue weighted by Gasteiger charge is 2.29. The number of rotatable bonds is 7. The zero-order chi connectivity index (χ0) is 24.5. The van der Waals surface area contributed by atoms with Gasteiger partial charge in [0.1, 0.15) is 11.9 Å². The molecule has 2 aromatic heterocycles. The van der Waals surface area contributed by atoms with Crippen LogP contribution in [0.1, 0.15) is 47.8 Å². The molecule has 3 heterocycles. The minimum atomic E-state index is -0.0826. The van der Waals surface area contributed by atoms with Crippen molar-refractivity contribution in [2.24, 2.45) is 5.92 Å². The van der Waals surface area contributed by atoms with Crippen LogP contribution in [0.15, 0.2) is 66.9 Å². The molecule has 2 aromatic carbocycles. The number of hydrogen-bond donors (Lipinski definition) is 2. The second-order valence-corrected chi connectivity index (χ2v) is 10.1. The highest BCUT2D eigenvalue weighted by Crippen LogP contribution is 2.35. The number of ether oxygens (including phenoxy) is 1. The Hall–Kier alpha value is -3.71. The number of carbonyl (C=O) groups is 1. The molecule has 1 atom stereocenters. The Bertz CT molecular complexity index is 1340. The van der Waals surface area contributed by atoms with Gasteiger partial charge in [0.2, 0.25) is 0 Å². The lowest BCUT2D eigenvalue weighted by Gasteiger charge is -2.36. The molecular weight excluding hydrogens is 450 g/mol. The molecule has 0 radical (unpaired) electrons. The maximum atomic E-state index is 13.4. The number of likely N-dealkylation sites (tertiary alicyclic amines) is 1. The zero-order valence-corrected chi connectivity index (χ0v) is 20.5. The Kier molecular flexibility index (Phi) is 6.15. The fourth-order valence-corrected chi connectivity index (χ4v) is 5.48. The Morgan fingerprint density at radius 2 is 1.89 bits per heavy atom. The Labute approximate surface area is 210 Å². The second-order valence-electron chi connectivity index (χ2n) is 10.1. The van der Waals surface area contributed by atoms with Gasteiger partial charge in [0.25, 0.3) is 5.91 Å². The maximum absolute atomic E-state index is 13.4. The van der Waals surface area contributed by atoms with Gasteiger partial charge in [-0.25, -0.2) is 0 Å². The number of carbonyl (C=O) groups excluding carboxylic acids is 1. The van der Waals surface area contributed by atoms with Crippen molar-refractivity contribution >= 4 is 16.8 Å². The smallest absolute Gasteiger partial charge is 0.251 e. The van der Waals surface area contributed by atoms with Crippen LogP contribution in [0.3, 0.4) is 0 Å². The molecule has 7 nitrogen and oxygen atoms in total. The number of H-pyrrole nitrogens is 1. The molecular formula is C29H31N5O2. The predicted octanol–water partition coefficient (Wildman–Crippen LogP) is 4.98. The molecule has 0 unspecified atom stereocenters. The Morgan fingerprint density at radius 1 is 1.08 bits per heavy atom. The van der Waals surface area contributed by atoms with Crippen LogP contribution in [-0.4, -0.2) is 52.2 Å². The molecule has 0 bridgehead atoms. The van der Waals surface area contributed by atoms with Gasteiger partial charge in [-0.05, 0) is 80.4 Å². The van der Waals surface area contributed by atoms with E-state index in [4.69, 9.17) is 4.74 Å². The van der Waals surface area contributed by atoms with Gasteiger partial charge in [-0.15, -0.1) is 0 Å². The van der Waals surface area contributed by atoms with Crippen LogP contribution in [0.25, 0.3) is 22.2 Å². The number of pyridine rings is 1. The van der Waals surface area contributed by atoms with Crippen LogP contribution in [0.2, 0.25) is 0 Å². The minimum absolute atomic E-state index is 0.0799. The Balaban J connectivity index is 1.23. The van der Waals surface area contributed by atoms with Crippen molar-refractivity contribution in [3.05, 3.63) is 78.1 Å². The summed E-state index contributed by atoms with van der Waals surface area (Å²) in [5, 5.41) is 11.9. The van der Waals surface area contributed by atoms with E-state index in [0.717, 1.165) is 59.5 Å². The van der Waals surface area contributed by atoms with Gasteiger partial charge in [-0.3, -0.25) is 19.8 Å². The van der Waals surface area contributed by atoms with Gasteiger partial charge < -0.3 is 10.1 Å². The van der Waals surface area contributed by atoms with E-state index in [1.807, 2.05) is 60.7 Å². The molecule has 4 aromatic rings. The highest BCUT2D eigenvalue weighted by atomic mass is 16.5. The van der Waals surface area contributed by atoms with Crippen LogP contribution >= 0.6 is 0 Å². The van der Waals surface area contributed by atoms with E-state index >= 15 is 0 Å². The Morgan fingerprint density at radius 3 is 2.61 bits per heavy atom. The zero-order valence-electron chi connectivity index (χ0n) is 20.5. The predicted molar refractivity (Wildman–Crippen MR) is 140 cm³/mol. The fourth-order valence-electron chi connectivity index (χ4n) is 5.48. The number of amides is 1. The summed E-state index contributed by atoms with van der Waals surface area (Å²) in [5.74, 6) is 1.20. The number of benzene rings is 2. The van der Waals surface area contributed by atoms with Crippen LogP contribution in [-0.2, 0) is 0 Å². The van der Waals surface area contributed by atoms with Crippen molar-refractivity contribution in [1.82, 2.24) is 25.4 Å². The summed E-state index contributed by atoms with van der Waals surface area (Å²) in [5.41, 5.74) is 4.26. The van der Waals surface area contributed by atoms with Gasteiger partial charge in [0.05, 0.1) is 22.9 Å². The lowest BCUT2D eigenvalue weighted by molar-refractivity contribution is 0.0388. The lowest BCUT2D eigenvalue weighted by Crippen LogP contribution is -2.51. The summed E-state index contributed by atoms with van der Waals surface area (Å²) in [6.45, 7) is 1.91. The summed E-state index contributed by atoms with van der Waals surface area (Å²) in [4.78, 5) is 20.2. The van der Waals surface area contributed by atoms with Crippen molar-refractivity contribution in [3.63, 3.8) is 0 Å². The summed E-state index contributed by atoms with van der Waals surface area (Å²) >= 11 is 0. The van der Waals surface area contributed by atoms with E-state index in [-0.39, 0.29) is 18.1 Å². The van der Waals surface area contributed by atoms with E-state index in [2.05, 4.69) is 32.4 Å². The van der Waals surface area contributed by atoms with Crippen molar-refractivity contribution < 1.29 is 9.53 Å². The van der Waals surface area contributed by atoms with Crippen LogP contribution in [0.4, 0.5) is 0 Å². The number of aromatic nitrogens is 3. The summed E-state index contributed by atoms with van der Waals surface area (Å²) < 4.78 is 6.02. The van der Waals surface area contributed by atoms with Gasteiger partial charge in [-0.1, -0.05) is 18.9 Å². The standard InChI is InChI=1S/C29H31N5O2/c1-34-17-23(18-34)36-22-12-9-20(10-13-22)27-24-16-21(11-14-25(24)32-33-27)29(35)31-28(19-6-2-3-7-19)26-8-4-5-15-30-26/h4-5,8-16,19,23,28H,2-3,6-7,17-18H2,1H3,(H,31,35)(H,32,33)/t28-/m0/s1. The molecule has 36 heavy (non-hydrogen) atoms. The van der Waals surface area contributed by atoms with Gasteiger partial charge in [0, 0.05) is 35.8 Å². The van der Waals surface area contributed by atoms with E-state index < -0.39 is 0 Å².